The number of urea groups is 1. The fourth-order valence-electron chi connectivity index (χ4n) is 1.39. The largest absolute Gasteiger partial charge is 0.480 e. The van der Waals surface area contributed by atoms with Crippen molar-refractivity contribution < 1.29 is 19.5 Å². The molecule has 1 fully saturated rings. The SMILES string of the molecule is CC(C)N(CC(=O)O)CC(=O)NC(=O)NC1CC1. The lowest BCUT2D eigenvalue weighted by atomic mass is 10.3. The summed E-state index contributed by atoms with van der Waals surface area (Å²) in [4.78, 5) is 34.9. The number of aliphatic carboxylic acids is 1. The lowest BCUT2D eigenvalue weighted by molar-refractivity contribution is -0.139. The Balaban J connectivity index is 2.34. The normalized spacial score (nSPS) is 14.7. The lowest BCUT2D eigenvalue weighted by Crippen LogP contribution is -2.47. The summed E-state index contributed by atoms with van der Waals surface area (Å²) in [6.07, 6.45) is 1.89. The first kappa shape index (κ1) is 14.4. The molecule has 0 bridgehead atoms. The predicted octanol–water partition coefficient (Wildman–Crippen LogP) is -0.230. The van der Waals surface area contributed by atoms with Crippen molar-refractivity contribution in [3.8, 4) is 0 Å². The number of carbonyl (C=O) groups is 3. The number of hydrogen-bond donors (Lipinski definition) is 3. The van der Waals surface area contributed by atoms with Crippen LogP contribution in [0.15, 0.2) is 0 Å². The molecular weight excluding hydrogens is 238 g/mol. The molecule has 3 N–H and O–H groups in total. The minimum absolute atomic E-state index is 0.0849. The molecule has 0 aromatic rings. The summed E-state index contributed by atoms with van der Waals surface area (Å²) in [6.45, 7) is 3.25. The van der Waals surface area contributed by atoms with Crippen molar-refractivity contribution in [1.82, 2.24) is 15.5 Å². The van der Waals surface area contributed by atoms with Gasteiger partial charge < -0.3 is 10.4 Å². The topological polar surface area (TPSA) is 98.7 Å². The van der Waals surface area contributed by atoms with Gasteiger partial charge in [-0.1, -0.05) is 0 Å². The molecule has 1 aliphatic carbocycles. The minimum Gasteiger partial charge on any atom is -0.480 e. The first-order valence-electron chi connectivity index (χ1n) is 5.94. The highest BCUT2D eigenvalue weighted by Crippen LogP contribution is 2.18. The third-order valence-electron chi connectivity index (χ3n) is 2.58. The van der Waals surface area contributed by atoms with Crippen LogP contribution in [-0.4, -0.2) is 53.1 Å². The zero-order chi connectivity index (χ0) is 13.7. The summed E-state index contributed by atoms with van der Waals surface area (Å²) >= 11 is 0. The number of amides is 3. The number of nitrogens with one attached hydrogen (secondary N) is 2. The van der Waals surface area contributed by atoms with E-state index in [2.05, 4.69) is 10.6 Å². The standard InChI is InChI=1S/C11H19N3O4/c1-7(2)14(6-10(16)17)5-9(15)13-11(18)12-8-3-4-8/h7-8H,3-6H2,1-2H3,(H,16,17)(H2,12,13,15,18). The smallest absolute Gasteiger partial charge is 0.321 e. The van der Waals surface area contributed by atoms with E-state index in [1.165, 1.54) is 4.90 Å². The Bertz CT molecular complexity index is 339. The van der Waals surface area contributed by atoms with Crippen LogP contribution in [-0.2, 0) is 9.59 Å². The average Bonchev–Trinajstić information content (AvgIpc) is 2.99. The second kappa shape index (κ2) is 6.34. The van der Waals surface area contributed by atoms with Gasteiger partial charge in [-0.05, 0) is 26.7 Å². The lowest BCUT2D eigenvalue weighted by Gasteiger charge is -2.23. The highest BCUT2D eigenvalue weighted by atomic mass is 16.4. The van der Waals surface area contributed by atoms with Gasteiger partial charge in [0.15, 0.2) is 0 Å². The third kappa shape index (κ3) is 5.62. The maximum Gasteiger partial charge on any atom is 0.321 e. The van der Waals surface area contributed by atoms with Crippen molar-refractivity contribution in [1.29, 1.82) is 0 Å². The zero-order valence-corrected chi connectivity index (χ0v) is 10.6. The van der Waals surface area contributed by atoms with Crippen LogP contribution < -0.4 is 10.6 Å². The van der Waals surface area contributed by atoms with Crippen molar-refractivity contribution in [3.05, 3.63) is 0 Å². The van der Waals surface area contributed by atoms with Crippen LogP contribution in [0.5, 0.6) is 0 Å². The number of rotatable bonds is 6. The van der Waals surface area contributed by atoms with Gasteiger partial charge in [0.1, 0.15) is 0 Å². The van der Waals surface area contributed by atoms with Gasteiger partial charge in [0.25, 0.3) is 0 Å². The van der Waals surface area contributed by atoms with Gasteiger partial charge in [-0.3, -0.25) is 19.8 Å². The van der Waals surface area contributed by atoms with E-state index in [1.54, 1.807) is 13.8 Å². The van der Waals surface area contributed by atoms with Gasteiger partial charge in [-0.25, -0.2) is 4.79 Å². The van der Waals surface area contributed by atoms with E-state index in [1.807, 2.05) is 0 Å². The fraction of sp³-hybridized carbons (Fsp3) is 0.727. The second-order valence-electron chi connectivity index (χ2n) is 4.69. The van der Waals surface area contributed by atoms with Gasteiger partial charge in [0, 0.05) is 12.1 Å². The number of carboxylic acids is 1. The van der Waals surface area contributed by atoms with E-state index in [0.29, 0.717) is 0 Å². The van der Waals surface area contributed by atoms with Crippen LogP contribution in [0.4, 0.5) is 4.79 Å². The molecule has 0 atom stereocenters. The monoisotopic (exact) mass is 257 g/mol. The van der Waals surface area contributed by atoms with Gasteiger partial charge >= 0.3 is 12.0 Å². The highest BCUT2D eigenvalue weighted by molar-refractivity contribution is 5.95. The molecule has 7 nitrogen and oxygen atoms in total. The molecule has 1 aliphatic rings. The summed E-state index contributed by atoms with van der Waals surface area (Å²) < 4.78 is 0. The van der Waals surface area contributed by atoms with Crippen molar-refractivity contribution in [2.75, 3.05) is 13.1 Å². The van der Waals surface area contributed by atoms with Crippen LogP contribution in [0.3, 0.4) is 0 Å². The summed E-state index contributed by atoms with van der Waals surface area (Å²) in [5.74, 6) is -1.50. The fourth-order valence-corrected chi connectivity index (χ4v) is 1.39. The van der Waals surface area contributed by atoms with E-state index in [4.69, 9.17) is 5.11 Å². The molecule has 1 rings (SSSR count). The van der Waals surface area contributed by atoms with E-state index in [-0.39, 0.29) is 25.2 Å². The molecule has 102 valence electrons. The van der Waals surface area contributed by atoms with Crippen LogP contribution >= 0.6 is 0 Å². The van der Waals surface area contributed by atoms with Crippen molar-refractivity contribution >= 4 is 17.9 Å². The third-order valence-corrected chi connectivity index (χ3v) is 2.58. The molecule has 0 spiro atoms. The predicted molar refractivity (Wildman–Crippen MR) is 64.0 cm³/mol. The molecule has 1 saturated carbocycles. The first-order chi connectivity index (χ1) is 8.38. The quantitative estimate of drug-likeness (QED) is 0.610. The molecule has 3 amide bonds. The molecule has 0 aromatic carbocycles. The molecule has 0 radical (unpaired) electrons. The molecule has 0 aromatic heterocycles. The average molecular weight is 257 g/mol. The molecule has 0 aliphatic heterocycles. The van der Waals surface area contributed by atoms with E-state index < -0.39 is 17.9 Å². The Hall–Kier alpha value is -1.63. The van der Waals surface area contributed by atoms with Crippen LogP contribution in [0.2, 0.25) is 0 Å². The van der Waals surface area contributed by atoms with Gasteiger partial charge in [0.05, 0.1) is 13.1 Å². The molecule has 7 heteroatoms. The minimum atomic E-state index is -1.00. The van der Waals surface area contributed by atoms with Crippen LogP contribution in [0.1, 0.15) is 26.7 Å². The van der Waals surface area contributed by atoms with Gasteiger partial charge in [0.2, 0.25) is 5.91 Å². The van der Waals surface area contributed by atoms with Crippen molar-refractivity contribution in [2.45, 2.75) is 38.8 Å². The Morgan fingerprint density at radius 1 is 1.28 bits per heavy atom. The maximum absolute atomic E-state index is 11.5. The van der Waals surface area contributed by atoms with Crippen LogP contribution in [0.25, 0.3) is 0 Å². The summed E-state index contributed by atoms with van der Waals surface area (Å²) in [5.41, 5.74) is 0. The highest BCUT2D eigenvalue weighted by Gasteiger charge is 2.24. The number of carboxylic acid groups (broad SMARTS) is 1. The number of hydrogen-bond acceptors (Lipinski definition) is 4. The molecular formula is C11H19N3O4. The number of nitrogens with zero attached hydrogens (tertiary/aromatic N) is 1. The Morgan fingerprint density at radius 3 is 2.33 bits per heavy atom. The van der Waals surface area contributed by atoms with Crippen LogP contribution in [0, 0.1) is 0 Å². The second-order valence-corrected chi connectivity index (χ2v) is 4.69. The first-order valence-corrected chi connectivity index (χ1v) is 5.94. The molecule has 0 heterocycles. The zero-order valence-electron chi connectivity index (χ0n) is 10.6. The molecule has 0 saturated heterocycles. The van der Waals surface area contributed by atoms with E-state index in [9.17, 15) is 14.4 Å². The summed E-state index contributed by atoms with van der Waals surface area (Å²) in [6, 6.07) is -0.419. The number of carbonyl (C=O) groups excluding carboxylic acids is 2. The summed E-state index contributed by atoms with van der Waals surface area (Å²) in [5, 5.41) is 13.5. The Labute approximate surface area is 106 Å². The molecule has 18 heavy (non-hydrogen) atoms. The van der Waals surface area contributed by atoms with E-state index >= 15 is 0 Å². The molecule has 0 unspecified atom stereocenters. The maximum atomic E-state index is 11.5. The number of imide groups is 1. The van der Waals surface area contributed by atoms with E-state index in [0.717, 1.165) is 12.8 Å². The van der Waals surface area contributed by atoms with Gasteiger partial charge in [-0.2, -0.15) is 0 Å². The Kier molecular flexibility index (Phi) is 5.08. The van der Waals surface area contributed by atoms with Crippen molar-refractivity contribution in [2.24, 2.45) is 0 Å². The summed E-state index contributed by atoms with van der Waals surface area (Å²) in [7, 11) is 0. The van der Waals surface area contributed by atoms with Crippen molar-refractivity contribution in [3.63, 3.8) is 0 Å². The Morgan fingerprint density at radius 2 is 1.89 bits per heavy atom. The van der Waals surface area contributed by atoms with Gasteiger partial charge in [-0.15, -0.1) is 0 Å².